The molecular weight excluding hydrogens is 258 g/mol. The summed E-state index contributed by atoms with van der Waals surface area (Å²) < 4.78 is 26.3. The second-order valence-electron chi connectivity index (χ2n) is 5.27. The molecule has 0 aliphatic carbocycles. The molecule has 104 valence electrons. The van der Waals surface area contributed by atoms with Crippen LogP contribution in [0.2, 0.25) is 0 Å². The van der Waals surface area contributed by atoms with Crippen molar-refractivity contribution < 1.29 is 8.78 Å². The van der Waals surface area contributed by atoms with Gasteiger partial charge in [0.1, 0.15) is 0 Å². The zero-order chi connectivity index (χ0) is 14.1. The highest BCUT2D eigenvalue weighted by molar-refractivity contribution is 5.63. The maximum Gasteiger partial charge on any atom is 0.159 e. The highest BCUT2D eigenvalue weighted by Crippen LogP contribution is 2.32. The first-order valence-corrected chi connectivity index (χ1v) is 6.76. The molecule has 0 bridgehead atoms. The van der Waals surface area contributed by atoms with Gasteiger partial charge in [-0.2, -0.15) is 0 Å². The molecule has 4 heteroatoms. The molecule has 0 amide bonds. The van der Waals surface area contributed by atoms with Gasteiger partial charge in [-0.15, -0.1) is 0 Å². The molecule has 1 aliphatic rings. The second kappa shape index (κ2) is 5.29. The largest absolute Gasteiger partial charge is 0.299 e. The lowest BCUT2D eigenvalue weighted by Gasteiger charge is -2.19. The lowest BCUT2D eigenvalue weighted by Crippen LogP contribution is -2.17. The van der Waals surface area contributed by atoms with Crippen LogP contribution in [0.25, 0.3) is 11.1 Å². The van der Waals surface area contributed by atoms with E-state index in [1.165, 1.54) is 12.5 Å². The van der Waals surface area contributed by atoms with Crippen molar-refractivity contribution in [2.45, 2.75) is 18.9 Å². The van der Waals surface area contributed by atoms with Crippen LogP contribution in [0.5, 0.6) is 0 Å². The zero-order valence-corrected chi connectivity index (χ0v) is 11.3. The fraction of sp³-hybridized carbons (Fsp3) is 0.312. The zero-order valence-electron chi connectivity index (χ0n) is 11.3. The predicted octanol–water partition coefficient (Wildman–Crippen LogP) is 3.79. The minimum Gasteiger partial charge on any atom is -0.299 e. The van der Waals surface area contributed by atoms with E-state index < -0.39 is 11.6 Å². The number of rotatable bonds is 2. The molecule has 0 saturated carbocycles. The van der Waals surface area contributed by atoms with Crippen LogP contribution in [0.3, 0.4) is 0 Å². The summed E-state index contributed by atoms with van der Waals surface area (Å²) in [5.74, 6) is -1.65. The molecule has 1 aliphatic heterocycles. The minimum atomic E-state index is -0.828. The van der Waals surface area contributed by atoms with E-state index in [1.54, 1.807) is 12.3 Å². The van der Waals surface area contributed by atoms with E-state index in [1.807, 2.05) is 12.3 Å². The Morgan fingerprint density at radius 3 is 2.65 bits per heavy atom. The molecule has 0 spiro atoms. The minimum absolute atomic E-state index is 0.368. The molecule has 20 heavy (non-hydrogen) atoms. The van der Waals surface area contributed by atoms with Crippen molar-refractivity contribution in [2.24, 2.45) is 0 Å². The van der Waals surface area contributed by atoms with Crippen LogP contribution in [0.4, 0.5) is 8.78 Å². The first-order chi connectivity index (χ1) is 9.65. The summed E-state index contributed by atoms with van der Waals surface area (Å²) in [5.41, 5.74) is 2.60. The van der Waals surface area contributed by atoms with Crippen molar-refractivity contribution in [3.8, 4) is 11.1 Å². The van der Waals surface area contributed by atoms with E-state index >= 15 is 0 Å². The van der Waals surface area contributed by atoms with Crippen molar-refractivity contribution in [3.05, 3.63) is 53.9 Å². The fourth-order valence-electron chi connectivity index (χ4n) is 2.80. The molecule has 1 fully saturated rings. The quantitative estimate of drug-likeness (QED) is 0.828. The number of pyridine rings is 1. The van der Waals surface area contributed by atoms with Crippen LogP contribution in [0.15, 0.2) is 36.7 Å². The number of nitrogens with zero attached hydrogens (tertiary/aromatic N) is 2. The van der Waals surface area contributed by atoms with Crippen molar-refractivity contribution in [3.63, 3.8) is 0 Å². The Bertz CT molecular complexity index is 628. The number of hydrogen-bond acceptors (Lipinski definition) is 2. The fourth-order valence-corrected chi connectivity index (χ4v) is 2.80. The number of aromatic nitrogens is 1. The average molecular weight is 274 g/mol. The van der Waals surface area contributed by atoms with Gasteiger partial charge in [-0.25, -0.2) is 8.78 Å². The summed E-state index contributed by atoms with van der Waals surface area (Å²) in [4.78, 5) is 6.55. The van der Waals surface area contributed by atoms with E-state index in [0.717, 1.165) is 30.2 Å². The normalized spacial score (nSPS) is 19.4. The molecule has 1 aromatic heterocycles. The second-order valence-corrected chi connectivity index (χ2v) is 5.27. The first-order valence-electron chi connectivity index (χ1n) is 6.76. The maximum atomic E-state index is 13.3. The molecule has 3 rings (SSSR count). The molecule has 0 radical (unpaired) electrons. The predicted molar refractivity (Wildman–Crippen MR) is 74.2 cm³/mol. The molecule has 2 aromatic rings. The lowest BCUT2D eigenvalue weighted by atomic mass is 10.0. The van der Waals surface area contributed by atoms with Crippen LogP contribution >= 0.6 is 0 Å². The molecular formula is C16H16F2N2. The summed E-state index contributed by atoms with van der Waals surface area (Å²) in [5, 5.41) is 0. The van der Waals surface area contributed by atoms with Crippen LogP contribution in [-0.4, -0.2) is 23.5 Å². The average Bonchev–Trinajstić information content (AvgIpc) is 2.88. The highest BCUT2D eigenvalue weighted by Gasteiger charge is 2.23. The molecule has 2 heterocycles. The van der Waals surface area contributed by atoms with Gasteiger partial charge in [0.25, 0.3) is 0 Å². The summed E-state index contributed by atoms with van der Waals surface area (Å²) >= 11 is 0. The van der Waals surface area contributed by atoms with Gasteiger partial charge in [-0.05, 0) is 55.8 Å². The standard InChI is InChI=1S/C16H16F2N2/c1-20-6-2-3-16(20)13-7-12(9-19-10-13)11-4-5-14(17)15(18)8-11/h4-5,7-10,16H,2-3,6H2,1H3. The number of hydrogen-bond donors (Lipinski definition) is 0. The Balaban J connectivity index is 1.96. The third-order valence-corrected chi connectivity index (χ3v) is 3.92. The summed E-state index contributed by atoms with van der Waals surface area (Å²) in [6.45, 7) is 1.08. The van der Waals surface area contributed by atoms with Gasteiger partial charge < -0.3 is 0 Å². The van der Waals surface area contributed by atoms with Crippen molar-refractivity contribution in [1.82, 2.24) is 9.88 Å². The van der Waals surface area contributed by atoms with Gasteiger partial charge in [0.05, 0.1) is 0 Å². The summed E-state index contributed by atoms with van der Waals surface area (Å²) in [6, 6.07) is 6.34. The molecule has 1 aromatic carbocycles. The summed E-state index contributed by atoms with van der Waals surface area (Å²) in [7, 11) is 2.10. The third kappa shape index (κ3) is 2.43. The van der Waals surface area contributed by atoms with Gasteiger partial charge in [-0.3, -0.25) is 9.88 Å². The van der Waals surface area contributed by atoms with Gasteiger partial charge in [-0.1, -0.05) is 6.07 Å². The van der Waals surface area contributed by atoms with Gasteiger partial charge in [0.2, 0.25) is 0 Å². The van der Waals surface area contributed by atoms with E-state index in [2.05, 4.69) is 16.9 Å². The topological polar surface area (TPSA) is 16.1 Å². The van der Waals surface area contributed by atoms with Crippen LogP contribution in [0, 0.1) is 11.6 Å². The maximum absolute atomic E-state index is 13.3. The Morgan fingerprint density at radius 1 is 1.10 bits per heavy atom. The number of likely N-dealkylation sites (tertiary alicyclic amines) is 1. The highest BCUT2D eigenvalue weighted by atomic mass is 19.2. The van der Waals surface area contributed by atoms with Gasteiger partial charge in [0.15, 0.2) is 11.6 Å². The van der Waals surface area contributed by atoms with E-state index in [-0.39, 0.29) is 0 Å². The molecule has 2 nitrogen and oxygen atoms in total. The Labute approximate surface area is 117 Å². The Morgan fingerprint density at radius 2 is 1.95 bits per heavy atom. The lowest BCUT2D eigenvalue weighted by molar-refractivity contribution is 0.317. The smallest absolute Gasteiger partial charge is 0.159 e. The van der Waals surface area contributed by atoms with Crippen molar-refractivity contribution in [2.75, 3.05) is 13.6 Å². The van der Waals surface area contributed by atoms with E-state index in [0.29, 0.717) is 11.6 Å². The molecule has 1 unspecified atom stereocenters. The monoisotopic (exact) mass is 274 g/mol. The number of halogens is 2. The van der Waals surface area contributed by atoms with Crippen molar-refractivity contribution >= 4 is 0 Å². The Kier molecular flexibility index (Phi) is 3.49. The van der Waals surface area contributed by atoms with Crippen molar-refractivity contribution in [1.29, 1.82) is 0 Å². The summed E-state index contributed by atoms with van der Waals surface area (Å²) in [6.07, 6.45) is 5.83. The number of benzene rings is 1. The molecule has 0 N–H and O–H groups in total. The van der Waals surface area contributed by atoms with E-state index in [4.69, 9.17) is 0 Å². The molecule has 1 saturated heterocycles. The Hall–Kier alpha value is -1.81. The first kappa shape index (κ1) is 13.2. The van der Waals surface area contributed by atoms with Gasteiger partial charge in [0, 0.05) is 24.0 Å². The van der Waals surface area contributed by atoms with Crippen LogP contribution in [-0.2, 0) is 0 Å². The van der Waals surface area contributed by atoms with Crippen LogP contribution in [0.1, 0.15) is 24.4 Å². The van der Waals surface area contributed by atoms with Gasteiger partial charge >= 0.3 is 0 Å². The molecule has 1 atom stereocenters. The third-order valence-electron chi connectivity index (χ3n) is 3.92. The SMILES string of the molecule is CN1CCCC1c1cncc(-c2ccc(F)c(F)c2)c1. The van der Waals surface area contributed by atoms with E-state index in [9.17, 15) is 8.78 Å². The van der Waals surface area contributed by atoms with Crippen LogP contribution < -0.4 is 0 Å².